The van der Waals surface area contributed by atoms with Crippen LogP contribution in [0.5, 0.6) is 0 Å². The van der Waals surface area contributed by atoms with E-state index in [9.17, 15) is 0 Å². The average Bonchev–Trinajstić information content (AvgIpc) is 2.43. The van der Waals surface area contributed by atoms with Crippen molar-refractivity contribution in [3.05, 3.63) is 0 Å². The molecule has 1 aliphatic carbocycles. The Hall–Kier alpha value is -0.0800. The summed E-state index contributed by atoms with van der Waals surface area (Å²) in [5.41, 5.74) is 0. The molecule has 0 spiro atoms. The Kier molecular flexibility index (Phi) is 4.26. The summed E-state index contributed by atoms with van der Waals surface area (Å²) >= 11 is 0. The molecule has 2 heteroatoms. The highest BCUT2D eigenvalue weighted by Crippen LogP contribution is 2.32. The van der Waals surface area contributed by atoms with Gasteiger partial charge in [0.25, 0.3) is 0 Å². The maximum Gasteiger partial charge on any atom is 0.0122 e. The average molecular weight is 224 g/mol. The van der Waals surface area contributed by atoms with Crippen LogP contribution in [0.4, 0.5) is 0 Å². The highest BCUT2D eigenvalue weighted by atomic mass is 15.2. The van der Waals surface area contributed by atoms with Crippen molar-refractivity contribution in [3.8, 4) is 0 Å². The molecule has 0 amide bonds. The maximum atomic E-state index is 3.55. The summed E-state index contributed by atoms with van der Waals surface area (Å²) in [7, 11) is 0. The van der Waals surface area contributed by atoms with Gasteiger partial charge >= 0.3 is 0 Å². The zero-order valence-corrected chi connectivity index (χ0v) is 11.2. The van der Waals surface area contributed by atoms with E-state index in [1.54, 1.807) is 0 Å². The summed E-state index contributed by atoms with van der Waals surface area (Å²) in [6.45, 7) is 12.2. The van der Waals surface area contributed by atoms with Gasteiger partial charge in [0, 0.05) is 25.7 Å². The first-order valence-electron chi connectivity index (χ1n) is 7.11. The summed E-state index contributed by atoms with van der Waals surface area (Å²) in [5, 5.41) is 3.55. The van der Waals surface area contributed by atoms with E-state index in [4.69, 9.17) is 0 Å². The minimum Gasteiger partial charge on any atom is -0.315 e. The third-order valence-electron chi connectivity index (χ3n) is 4.47. The van der Waals surface area contributed by atoms with Crippen LogP contribution in [0.3, 0.4) is 0 Å². The molecular weight excluding hydrogens is 196 g/mol. The topological polar surface area (TPSA) is 15.3 Å². The van der Waals surface area contributed by atoms with Gasteiger partial charge in [0.1, 0.15) is 0 Å². The minimum absolute atomic E-state index is 0.814. The van der Waals surface area contributed by atoms with E-state index in [1.165, 1.54) is 45.4 Å². The van der Waals surface area contributed by atoms with E-state index in [0.29, 0.717) is 0 Å². The molecule has 1 aliphatic heterocycles. The molecule has 2 nitrogen and oxygen atoms in total. The fourth-order valence-electron chi connectivity index (χ4n) is 3.62. The minimum atomic E-state index is 0.814. The monoisotopic (exact) mass is 224 g/mol. The molecule has 16 heavy (non-hydrogen) atoms. The molecule has 1 heterocycles. The van der Waals surface area contributed by atoms with Gasteiger partial charge in [-0.1, -0.05) is 20.8 Å². The van der Waals surface area contributed by atoms with Crippen molar-refractivity contribution in [2.75, 3.05) is 26.2 Å². The largest absolute Gasteiger partial charge is 0.315 e. The molecule has 0 aromatic carbocycles. The number of hydrogen-bond acceptors (Lipinski definition) is 2. The number of nitrogens with one attached hydrogen (secondary N) is 1. The molecule has 0 radical (unpaired) electrons. The second-order valence-corrected chi connectivity index (χ2v) is 6.27. The summed E-state index contributed by atoms with van der Waals surface area (Å²) in [6, 6.07) is 0.860. The number of rotatable bonds is 1. The summed E-state index contributed by atoms with van der Waals surface area (Å²) < 4.78 is 0. The SMILES string of the molecule is CC1CCC(N2CCNCC(C)C2)C(C)C1. The van der Waals surface area contributed by atoms with E-state index in [1.807, 2.05) is 0 Å². The van der Waals surface area contributed by atoms with Crippen molar-refractivity contribution in [2.24, 2.45) is 17.8 Å². The molecule has 0 bridgehead atoms. The van der Waals surface area contributed by atoms with E-state index >= 15 is 0 Å². The van der Waals surface area contributed by atoms with Crippen LogP contribution in [0.25, 0.3) is 0 Å². The Morgan fingerprint density at radius 3 is 2.62 bits per heavy atom. The smallest absolute Gasteiger partial charge is 0.0122 e. The second kappa shape index (κ2) is 5.50. The van der Waals surface area contributed by atoms with Crippen LogP contribution < -0.4 is 5.32 Å². The molecule has 0 aromatic rings. The van der Waals surface area contributed by atoms with Crippen LogP contribution in [0.15, 0.2) is 0 Å². The fourth-order valence-corrected chi connectivity index (χ4v) is 3.62. The van der Waals surface area contributed by atoms with Gasteiger partial charge < -0.3 is 5.32 Å². The normalized spacial score (nSPS) is 42.9. The van der Waals surface area contributed by atoms with Gasteiger partial charge in [-0.25, -0.2) is 0 Å². The van der Waals surface area contributed by atoms with Crippen molar-refractivity contribution in [2.45, 2.75) is 46.1 Å². The third kappa shape index (κ3) is 2.98. The van der Waals surface area contributed by atoms with E-state index in [2.05, 4.69) is 31.0 Å². The van der Waals surface area contributed by atoms with Gasteiger partial charge in [0.05, 0.1) is 0 Å². The summed E-state index contributed by atoms with van der Waals surface area (Å²) in [4.78, 5) is 2.77. The molecule has 94 valence electrons. The van der Waals surface area contributed by atoms with Gasteiger partial charge in [-0.15, -0.1) is 0 Å². The molecular formula is C14H28N2. The van der Waals surface area contributed by atoms with Gasteiger partial charge in [-0.2, -0.15) is 0 Å². The van der Waals surface area contributed by atoms with Crippen LogP contribution >= 0.6 is 0 Å². The molecule has 2 aliphatic rings. The standard InChI is InChI=1S/C14H28N2/c1-11-4-5-14(13(3)8-11)16-7-6-15-9-12(2)10-16/h11-15H,4-10H2,1-3H3. The van der Waals surface area contributed by atoms with Crippen molar-refractivity contribution in [1.82, 2.24) is 10.2 Å². The molecule has 4 atom stereocenters. The maximum absolute atomic E-state index is 3.55. The van der Waals surface area contributed by atoms with Gasteiger partial charge in [0.2, 0.25) is 0 Å². The third-order valence-corrected chi connectivity index (χ3v) is 4.47. The molecule has 1 saturated heterocycles. The van der Waals surface area contributed by atoms with Crippen LogP contribution in [0, 0.1) is 17.8 Å². The first-order valence-corrected chi connectivity index (χ1v) is 7.11. The van der Waals surface area contributed by atoms with Crippen molar-refractivity contribution in [3.63, 3.8) is 0 Å². The van der Waals surface area contributed by atoms with E-state index in [0.717, 1.165) is 23.8 Å². The molecule has 4 unspecified atom stereocenters. The lowest BCUT2D eigenvalue weighted by molar-refractivity contribution is 0.0906. The van der Waals surface area contributed by atoms with Crippen molar-refractivity contribution < 1.29 is 0 Å². The number of hydrogen-bond donors (Lipinski definition) is 1. The van der Waals surface area contributed by atoms with Crippen LogP contribution in [0.1, 0.15) is 40.0 Å². The molecule has 2 rings (SSSR count). The Bertz CT molecular complexity index is 217. The molecule has 1 saturated carbocycles. The lowest BCUT2D eigenvalue weighted by Crippen LogP contribution is -2.45. The Morgan fingerprint density at radius 2 is 1.88 bits per heavy atom. The first-order chi connectivity index (χ1) is 7.66. The Labute approximate surface area is 101 Å². The lowest BCUT2D eigenvalue weighted by Gasteiger charge is -2.40. The highest BCUT2D eigenvalue weighted by Gasteiger charge is 2.31. The number of nitrogens with zero attached hydrogens (tertiary/aromatic N) is 1. The highest BCUT2D eigenvalue weighted by molar-refractivity contribution is 4.85. The van der Waals surface area contributed by atoms with Crippen LogP contribution in [-0.2, 0) is 0 Å². The zero-order valence-electron chi connectivity index (χ0n) is 11.2. The predicted molar refractivity (Wildman–Crippen MR) is 69.6 cm³/mol. The van der Waals surface area contributed by atoms with Crippen molar-refractivity contribution >= 4 is 0 Å². The van der Waals surface area contributed by atoms with Crippen molar-refractivity contribution in [1.29, 1.82) is 0 Å². The van der Waals surface area contributed by atoms with Crippen LogP contribution in [-0.4, -0.2) is 37.1 Å². The quantitative estimate of drug-likeness (QED) is 0.735. The van der Waals surface area contributed by atoms with Crippen LogP contribution in [0.2, 0.25) is 0 Å². The fraction of sp³-hybridized carbons (Fsp3) is 1.00. The van der Waals surface area contributed by atoms with Gasteiger partial charge in [-0.05, 0) is 43.6 Å². The summed E-state index contributed by atoms with van der Waals surface area (Å²) in [5.74, 6) is 2.66. The Balaban J connectivity index is 1.94. The molecule has 1 N–H and O–H groups in total. The van der Waals surface area contributed by atoms with E-state index in [-0.39, 0.29) is 0 Å². The molecule has 0 aromatic heterocycles. The Morgan fingerprint density at radius 1 is 1.06 bits per heavy atom. The second-order valence-electron chi connectivity index (χ2n) is 6.27. The van der Waals surface area contributed by atoms with Gasteiger partial charge in [0.15, 0.2) is 0 Å². The van der Waals surface area contributed by atoms with Gasteiger partial charge in [-0.3, -0.25) is 4.90 Å². The molecule has 2 fully saturated rings. The van der Waals surface area contributed by atoms with E-state index < -0.39 is 0 Å². The predicted octanol–water partition coefficient (Wildman–Crippen LogP) is 2.35. The summed E-state index contributed by atoms with van der Waals surface area (Å²) in [6.07, 6.45) is 4.30. The zero-order chi connectivity index (χ0) is 11.5. The lowest BCUT2D eigenvalue weighted by atomic mass is 9.79. The first kappa shape index (κ1) is 12.4.